The Kier molecular flexibility index (Phi) is 8.63. The molecule has 0 saturated carbocycles. The predicted molar refractivity (Wildman–Crippen MR) is 147 cm³/mol. The van der Waals surface area contributed by atoms with Gasteiger partial charge in [-0.15, -0.1) is 0 Å². The minimum absolute atomic E-state index is 0.0511. The number of carboxylic acid groups (broad SMARTS) is 1. The molecule has 1 amide bonds. The van der Waals surface area contributed by atoms with Crippen LogP contribution in [0.2, 0.25) is 0 Å². The molecule has 196 valence electrons. The molecule has 4 aromatic rings. The van der Waals surface area contributed by atoms with Crippen LogP contribution >= 0.6 is 0 Å². The molecule has 0 radical (unpaired) electrons. The van der Waals surface area contributed by atoms with Crippen LogP contribution in [0.25, 0.3) is 22.2 Å². The number of nitrogens with one attached hydrogen (secondary N) is 2. The molecule has 8 heteroatoms. The van der Waals surface area contributed by atoms with Gasteiger partial charge in [0.25, 0.3) is 5.91 Å². The van der Waals surface area contributed by atoms with Gasteiger partial charge in [-0.1, -0.05) is 55.0 Å². The van der Waals surface area contributed by atoms with E-state index in [1.54, 1.807) is 12.1 Å². The number of halogens is 1. The molecule has 1 heterocycles. The number of fused-ring (bicyclic) bond motifs is 1. The number of imidazole rings is 1. The fourth-order valence-electron chi connectivity index (χ4n) is 4.68. The number of carbonyl (C=O) groups excluding carboxylic acids is 1. The summed E-state index contributed by atoms with van der Waals surface area (Å²) in [5.41, 5.74) is 3.40. The van der Waals surface area contributed by atoms with Crippen LogP contribution in [0.1, 0.15) is 65.2 Å². The number of benzene rings is 3. The van der Waals surface area contributed by atoms with Gasteiger partial charge < -0.3 is 20.4 Å². The van der Waals surface area contributed by atoms with Gasteiger partial charge in [-0.2, -0.15) is 0 Å². The summed E-state index contributed by atoms with van der Waals surface area (Å²) in [6.07, 6.45) is 2.10. The van der Waals surface area contributed by atoms with Crippen LogP contribution in [0.5, 0.6) is 0 Å². The highest BCUT2D eigenvalue weighted by atomic mass is 19.1. The second-order valence-corrected chi connectivity index (χ2v) is 9.14. The molecule has 0 saturated heterocycles. The number of para-hydroxylation sites is 2. The Morgan fingerprint density at radius 2 is 1.74 bits per heavy atom. The highest BCUT2D eigenvalue weighted by molar-refractivity contribution is 6.06. The van der Waals surface area contributed by atoms with Crippen molar-refractivity contribution in [1.29, 1.82) is 5.41 Å². The van der Waals surface area contributed by atoms with E-state index in [1.165, 1.54) is 6.07 Å². The Morgan fingerprint density at radius 3 is 2.45 bits per heavy atom. The number of rotatable bonds is 12. The monoisotopic (exact) mass is 514 g/mol. The van der Waals surface area contributed by atoms with E-state index in [9.17, 15) is 19.1 Å². The smallest absolute Gasteiger partial charge is 0.336 e. The summed E-state index contributed by atoms with van der Waals surface area (Å²) in [6, 6.07) is 21.5. The third-order valence-electron chi connectivity index (χ3n) is 6.60. The minimum Gasteiger partial charge on any atom is -0.478 e. The highest BCUT2D eigenvalue weighted by Gasteiger charge is 2.25. The van der Waals surface area contributed by atoms with Crippen molar-refractivity contribution in [2.75, 3.05) is 6.67 Å². The van der Waals surface area contributed by atoms with E-state index in [0.29, 0.717) is 38.1 Å². The maximum Gasteiger partial charge on any atom is 0.336 e. The Bertz CT molecular complexity index is 1450. The standard InChI is InChI=1S/C30H31FN4O3/c1-2-35-27-15-9-8-13-25(27)33-28(35)26(14-7-6-12-22(32)19-31)34-29(36)24-18-21(16-17-23(24)30(37)38)20-10-4-3-5-11-20/h3-5,8-11,13,15-18,26,32H,2,6-7,12,14,19H2,1H3,(H,34,36)(H,37,38)/t26-/m0/s1. The first-order valence-electron chi connectivity index (χ1n) is 12.7. The lowest BCUT2D eigenvalue weighted by Crippen LogP contribution is -2.32. The fourth-order valence-corrected chi connectivity index (χ4v) is 4.68. The summed E-state index contributed by atoms with van der Waals surface area (Å²) < 4.78 is 14.8. The molecule has 0 unspecified atom stereocenters. The second kappa shape index (κ2) is 12.3. The van der Waals surface area contributed by atoms with Gasteiger partial charge in [0.15, 0.2) is 0 Å². The maximum atomic E-state index is 13.6. The van der Waals surface area contributed by atoms with E-state index < -0.39 is 24.6 Å². The number of aryl methyl sites for hydroxylation is 1. The molecular formula is C30H31FN4O3. The normalized spacial score (nSPS) is 11.8. The summed E-state index contributed by atoms with van der Waals surface area (Å²) in [5.74, 6) is -1.01. The molecule has 1 atom stereocenters. The number of unbranched alkanes of at least 4 members (excludes halogenated alkanes) is 1. The number of nitrogens with zero attached hydrogens (tertiary/aromatic N) is 2. The number of hydrogen-bond donors (Lipinski definition) is 3. The Balaban J connectivity index is 1.68. The SMILES string of the molecule is CCn1c([C@H](CCCCC(=N)CF)NC(=O)c2cc(-c3ccccc3)ccc2C(=O)O)nc2ccccc21. The predicted octanol–water partition coefficient (Wildman–Crippen LogP) is 6.44. The van der Waals surface area contributed by atoms with Gasteiger partial charge in [-0.3, -0.25) is 4.79 Å². The number of alkyl halides is 1. The zero-order valence-corrected chi connectivity index (χ0v) is 21.3. The number of carboxylic acids is 1. The van der Waals surface area contributed by atoms with Crippen LogP contribution in [0.3, 0.4) is 0 Å². The van der Waals surface area contributed by atoms with E-state index in [1.807, 2.05) is 66.1 Å². The molecule has 0 aliphatic heterocycles. The third kappa shape index (κ3) is 5.96. The summed E-state index contributed by atoms with van der Waals surface area (Å²) in [4.78, 5) is 30.5. The first kappa shape index (κ1) is 26.7. The summed E-state index contributed by atoms with van der Waals surface area (Å²) in [6.45, 7) is 1.88. The average molecular weight is 515 g/mol. The molecular weight excluding hydrogens is 483 g/mol. The average Bonchev–Trinajstić information content (AvgIpc) is 3.33. The zero-order chi connectivity index (χ0) is 27.1. The largest absolute Gasteiger partial charge is 0.478 e. The molecule has 4 rings (SSSR count). The van der Waals surface area contributed by atoms with E-state index in [0.717, 1.165) is 22.2 Å². The van der Waals surface area contributed by atoms with Crippen LogP contribution in [0.4, 0.5) is 4.39 Å². The Hall–Kier alpha value is -4.33. The quantitative estimate of drug-likeness (QED) is 0.149. The van der Waals surface area contributed by atoms with Gasteiger partial charge in [0.2, 0.25) is 0 Å². The van der Waals surface area contributed by atoms with Crippen molar-refractivity contribution >= 4 is 28.6 Å². The van der Waals surface area contributed by atoms with Crippen LogP contribution in [0.15, 0.2) is 72.8 Å². The van der Waals surface area contributed by atoms with Crippen molar-refractivity contribution < 1.29 is 19.1 Å². The van der Waals surface area contributed by atoms with E-state index in [4.69, 9.17) is 10.4 Å². The maximum absolute atomic E-state index is 13.6. The van der Waals surface area contributed by atoms with Gasteiger partial charge >= 0.3 is 5.97 Å². The van der Waals surface area contributed by atoms with Crippen molar-refractivity contribution in [3.05, 3.63) is 89.7 Å². The number of carbonyl (C=O) groups is 2. The number of aromatic nitrogens is 2. The third-order valence-corrected chi connectivity index (χ3v) is 6.60. The van der Waals surface area contributed by atoms with Gasteiger partial charge in [0.1, 0.15) is 12.5 Å². The highest BCUT2D eigenvalue weighted by Crippen LogP contribution is 2.27. The zero-order valence-electron chi connectivity index (χ0n) is 21.3. The summed E-state index contributed by atoms with van der Waals surface area (Å²) in [5, 5.41) is 20.4. The van der Waals surface area contributed by atoms with Gasteiger partial charge in [-0.05, 0) is 61.6 Å². The molecule has 1 aromatic heterocycles. The summed E-state index contributed by atoms with van der Waals surface area (Å²) in [7, 11) is 0. The lowest BCUT2D eigenvalue weighted by Gasteiger charge is -2.21. The van der Waals surface area contributed by atoms with Crippen LogP contribution < -0.4 is 5.32 Å². The molecule has 0 bridgehead atoms. The van der Waals surface area contributed by atoms with Gasteiger partial charge in [-0.25, -0.2) is 14.2 Å². The lowest BCUT2D eigenvalue weighted by atomic mass is 9.98. The van der Waals surface area contributed by atoms with E-state index >= 15 is 0 Å². The first-order valence-corrected chi connectivity index (χ1v) is 12.7. The van der Waals surface area contributed by atoms with Crippen molar-refractivity contribution in [3.8, 4) is 11.1 Å². The van der Waals surface area contributed by atoms with Crippen molar-refractivity contribution in [1.82, 2.24) is 14.9 Å². The lowest BCUT2D eigenvalue weighted by molar-refractivity contribution is 0.0690. The Morgan fingerprint density at radius 1 is 1.00 bits per heavy atom. The van der Waals surface area contributed by atoms with Crippen LogP contribution in [-0.4, -0.2) is 38.9 Å². The number of aromatic carboxylic acids is 1. The molecule has 38 heavy (non-hydrogen) atoms. The molecule has 0 spiro atoms. The van der Waals surface area contributed by atoms with Crippen molar-refractivity contribution in [3.63, 3.8) is 0 Å². The molecule has 0 aliphatic carbocycles. The van der Waals surface area contributed by atoms with Crippen LogP contribution in [0, 0.1) is 5.41 Å². The molecule has 3 N–H and O–H groups in total. The van der Waals surface area contributed by atoms with Crippen LogP contribution in [-0.2, 0) is 6.54 Å². The number of hydrogen-bond acceptors (Lipinski definition) is 4. The topological polar surface area (TPSA) is 108 Å². The van der Waals surface area contributed by atoms with Crippen molar-refractivity contribution in [2.24, 2.45) is 0 Å². The molecule has 0 aliphatic rings. The Labute approximate surface area is 220 Å². The molecule has 3 aromatic carbocycles. The van der Waals surface area contributed by atoms with Gasteiger partial charge in [0.05, 0.1) is 28.2 Å². The molecule has 0 fully saturated rings. The number of amides is 1. The minimum atomic E-state index is -1.18. The molecule has 7 nitrogen and oxygen atoms in total. The first-order chi connectivity index (χ1) is 18.4. The van der Waals surface area contributed by atoms with E-state index in [2.05, 4.69) is 5.32 Å². The second-order valence-electron chi connectivity index (χ2n) is 9.14. The summed E-state index contributed by atoms with van der Waals surface area (Å²) >= 11 is 0. The van der Waals surface area contributed by atoms with Gasteiger partial charge in [0, 0.05) is 12.3 Å². The fraction of sp³-hybridized carbons (Fsp3) is 0.267. The van der Waals surface area contributed by atoms with Crippen molar-refractivity contribution in [2.45, 2.75) is 45.2 Å². The van der Waals surface area contributed by atoms with E-state index in [-0.39, 0.29) is 16.8 Å².